The first-order chi connectivity index (χ1) is 11.9. The minimum Gasteiger partial charge on any atom is -0.332 e. The lowest BCUT2D eigenvalue weighted by molar-refractivity contribution is 0.139. The van der Waals surface area contributed by atoms with Gasteiger partial charge in [0.25, 0.3) is 0 Å². The van der Waals surface area contributed by atoms with E-state index in [1.807, 2.05) is 22.1 Å². The Balaban J connectivity index is 1.61. The van der Waals surface area contributed by atoms with Crippen molar-refractivity contribution in [2.24, 2.45) is 5.92 Å². The fourth-order valence-corrected chi connectivity index (χ4v) is 3.30. The molecular weight excluding hydrogens is 318 g/mol. The van der Waals surface area contributed by atoms with Gasteiger partial charge in [-0.1, -0.05) is 6.92 Å². The lowest BCUT2D eigenvalue weighted by atomic mass is 9.93. The molecule has 25 heavy (non-hydrogen) atoms. The Morgan fingerprint density at radius 3 is 2.88 bits per heavy atom. The molecule has 2 aromatic heterocycles. The lowest BCUT2D eigenvalue weighted by Gasteiger charge is -2.37. The molecule has 136 valence electrons. The second-order valence-electron chi connectivity index (χ2n) is 7.71. The van der Waals surface area contributed by atoms with Crippen LogP contribution in [0.1, 0.15) is 46.0 Å². The van der Waals surface area contributed by atoms with Gasteiger partial charge in [0.05, 0.1) is 24.5 Å². The maximum atomic E-state index is 12.6. The van der Waals surface area contributed by atoms with Crippen molar-refractivity contribution >= 4 is 6.03 Å². The summed E-state index contributed by atoms with van der Waals surface area (Å²) in [5, 5.41) is 7.25. The molecule has 8 heteroatoms. The standard InChI is InChI=1S/C17H27N7O/c1-13-5-7-22(10-14(13)23-8-6-18-12-23)16(25)19-9-15-20-11-21-24(15)17(2,3)4/h6,8,11-14H,5,7,9-10H2,1-4H3,(H,19,25)/t13-,14-/m1/s1. The average Bonchev–Trinajstić information content (AvgIpc) is 3.24. The zero-order valence-electron chi connectivity index (χ0n) is 15.4. The number of nitrogens with zero attached hydrogens (tertiary/aromatic N) is 6. The first kappa shape index (κ1) is 17.4. The van der Waals surface area contributed by atoms with Crippen LogP contribution in [0.25, 0.3) is 0 Å². The molecule has 2 amide bonds. The molecule has 1 aliphatic rings. The van der Waals surface area contributed by atoms with Crippen molar-refractivity contribution in [2.45, 2.75) is 52.2 Å². The van der Waals surface area contributed by atoms with Crippen LogP contribution in [0.4, 0.5) is 4.79 Å². The number of likely N-dealkylation sites (tertiary alicyclic amines) is 1. The SMILES string of the molecule is C[C@@H]1CCN(C(=O)NCc2ncnn2C(C)(C)C)C[C@H]1n1ccnc1. The van der Waals surface area contributed by atoms with Gasteiger partial charge in [0.1, 0.15) is 12.2 Å². The van der Waals surface area contributed by atoms with E-state index in [4.69, 9.17) is 0 Å². The number of carbonyl (C=O) groups excluding carboxylic acids is 1. The summed E-state index contributed by atoms with van der Waals surface area (Å²) < 4.78 is 3.94. The predicted octanol–water partition coefficient (Wildman–Crippen LogP) is 2.02. The molecule has 1 aliphatic heterocycles. The van der Waals surface area contributed by atoms with Crippen LogP contribution < -0.4 is 5.32 Å². The molecule has 1 fully saturated rings. The van der Waals surface area contributed by atoms with Gasteiger partial charge in [-0.05, 0) is 33.1 Å². The van der Waals surface area contributed by atoms with Crippen molar-refractivity contribution in [2.75, 3.05) is 13.1 Å². The van der Waals surface area contributed by atoms with E-state index in [2.05, 4.69) is 52.6 Å². The van der Waals surface area contributed by atoms with E-state index in [0.717, 1.165) is 18.8 Å². The average molecular weight is 345 g/mol. The number of rotatable bonds is 3. The molecule has 0 aromatic carbocycles. The van der Waals surface area contributed by atoms with E-state index in [1.54, 1.807) is 6.20 Å². The van der Waals surface area contributed by atoms with Crippen molar-refractivity contribution in [3.63, 3.8) is 0 Å². The van der Waals surface area contributed by atoms with Gasteiger partial charge in [0.15, 0.2) is 0 Å². The quantitative estimate of drug-likeness (QED) is 0.923. The number of hydrogen-bond donors (Lipinski definition) is 1. The molecule has 2 atom stereocenters. The second-order valence-corrected chi connectivity index (χ2v) is 7.71. The van der Waals surface area contributed by atoms with Gasteiger partial charge in [-0.3, -0.25) is 0 Å². The van der Waals surface area contributed by atoms with Crippen LogP contribution >= 0.6 is 0 Å². The first-order valence-electron chi connectivity index (χ1n) is 8.76. The fraction of sp³-hybridized carbons (Fsp3) is 0.647. The normalized spacial score (nSPS) is 21.4. The zero-order chi connectivity index (χ0) is 18.0. The Morgan fingerprint density at radius 1 is 1.40 bits per heavy atom. The molecule has 8 nitrogen and oxygen atoms in total. The maximum absolute atomic E-state index is 12.6. The van der Waals surface area contributed by atoms with E-state index in [0.29, 0.717) is 19.0 Å². The number of hydrogen-bond acceptors (Lipinski definition) is 4. The van der Waals surface area contributed by atoms with Crippen molar-refractivity contribution in [1.82, 2.24) is 34.5 Å². The van der Waals surface area contributed by atoms with E-state index in [-0.39, 0.29) is 17.6 Å². The van der Waals surface area contributed by atoms with E-state index in [9.17, 15) is 4.79 Å². The number of piperidine rings is 1. The van der Waals surface area contributed by atoms with Crippen molar-refractivity contribution in [1.29, 1.82) is 0 Å². The molecule has 0 radical (unpaired) electrons. The number of imidazole rings is 1. The largest absolute Gasteiger partial charge is 0.332 e. The third kappa shape index (κ3) is 3.83. The van der Waals surface area contributed by atoms with E-state index in [1.165, 1.54) is 6.33 Å². The van der Waals surface area contributed by atoms with Crippen molar-refractivity contribution < 1.29 is 4.79 Å². The van der Waals surface area contributed by atoms with Gasteiger partial charge in [0, 0.05) is 25.5 Å². The van der Waals surface area contributed by atoms with Gasteiger partial charge in [-0.2, -0.15) is 5.10 Å². The summed E-state index contributed by atoms with van der Waals surface area (Å²) in [6.45, 7) is 10.3. The van der Waals surface area contributed by atoms with Crippen LogP contribution in [0.3, 0.4) is 0 Å². The van der Waals surface area contributed by atoms with Gasteiger partial charge < -0.3 is 14.8 Å². The highest BCUT2D eigenvalue weighted by molar-refractivity contribution is 5.74. The number of aromatic nitrogens is 5. The van der Waals surface area contributed by atoms with Crippen LogP contribution in [-0.2, 0) is 12.1 Å². The fourth-order valence-electron chi connectivity index (χ4n) is 3.30. The third-order valence-electron chi connectivity index (χ3n) is 4.77. The number of nitrogens with one attached hydrogen (secondary N) is 1. The third-order valence-corrected chi connectivity index (χ3v) is 4.77. The maximum Gasteiger partial charge on any atom is 0.317 e. The Hall–Kier alpha value is -2.38. The summed E-state index contributed by atoms with van der Waals surface area (Å²) >= 11 is 0. The van der Waals surface area contributed by atoms with Gasteiger partial charge in [-0.15, -0.1) is 0 Å². The smallest absolute Gasteiger partial charge is 0.317 e. The molecule has 0 aliphatic carbocycles. The molecule has 3 heterocycles. The Bertz CT molecular complexity index is 701. The predicted molar refractivity (Wildman–Crippen MR) is 93.9 cm³/mol. The number of carbonyl (C=O) groups is 1. The van der Waals surface area contributed by atoms with E-state index >= 15 is 0 Å². The topological polar surface area (TPSA) is 80.9 Å². The zero-order valence-corrected chi connectivity index (χ0v) is 15.4. The van der Waals surface area contributed by atoms with Crippen molar-refractivity contribution in [3.8, 4) is 0 Å². The molecule has 1 saturated heterocycles. The summed E-state index contributed by atoms with van der Waals surface area (Å²) in [6.07, 6.45) is 8.09. The van der Waals surface area contributed by atoms with Gasteiger partial charge in [0.2, 0.25) is 0 Å². The van der Waals surface area contributed by atoms with Crippen LogP contribution in [0, 0.1) is 5.92 Å². The highest BCUT2D eigenvalue weighted by Crippen LogP contribution is 2.27. The Morgan fingerprint density at radius 2 is 2.20 bits per heavy atom. The molecule has 0 unspecified atom stereocenters. The van der Waals surface area contributed by atoms with Crippen LogP contribution in [0.2, 0.25) is 0 Å². The van der Waals surface area contributed by atoms with Crippen molar-refractivity contribution in [3.05, 3.63) is 30.9 Å². The molecule has 0 saturated carbocycles. The monoisotopic (exact) mass is 345 g/mol. The molecule has 0 spiro atoms. The minimum absolute atomic E-state index is 0.0551. The van der Waals surface area contributed by atoms with Gasteiger partial charge >= 0.3 is 6.03 Å². The second kappa shape index (κ2) is 6.85. The Kier molecular flexibility index (Phi) is 4.78. The van der Waals surface area contributed by atoms with Gasteiger partial charge in [-0.25, -0.2) is 19.4 Å². The first-order valence-corrected chi connectivity index (χ1v) is 8.76. The summed E-state index contributed by atoms with van der Waals surface area (Å²) in [6, 6.07) is 0.209. The molecular formula is C17H27N7O. The van der Waals surface area contributed by atoms with Crippen LogP contribution in [0.5, 0.6) is 0 Å². The summed E-state index contributed by atoms with van der Waals surface area (Å²) in [4.78, 5) is 22.9. The lowest BCUT2D eigenvalue weighted by Crippen LogP contribution is -2.48. The molecule has 2 aromatic rings. The highest BCUT2D eigenvalue weighted by Gasteiger charge is 2.30. The summed E-state index contributed by atoms with van der Waals surface area (Å²) in [5.74, 6) is 1.28. The summed E-state index contributed by atoms with van der Waals surface area (Å²) in [7, 11) is 0. The summed E-state index contributed by atoms with van der Waals surface area (Å²) in [5.41, 5.74) is -0.163. The number of amides is 2. The molecule has 1 N–H and O–H groups in total. The van der Waals surface area contributed by atoms with Crippen LogP contribution in [0.15, 0.2) is 25.0 Å². The highest BCUT2D eigenvalue weighted by atomic mass is 16.2. The Labute approximate surface area is 148 Å². The minimum atomic E-state index is -0.163. The van der Waals surface area contributed by atoms with E-state index < -0.39 is 0 Å². The molecule has 3 rings (SSSR count). The molecule has 0 bridgehead atoms. The number of urea groups is 1. The van der Waals surface area contributed by atoms with Crippen LogP contribution in [-0.4, -0.2) is 48.3 Å².